The van der Waals surface area contributed by atoms with Crippen molar-refractivity contribution >= 4 is 11.3 Å². The fourth-order valence-electron chi connectivity index (χ4n) is 2.85. The first-order valence-corrected chi connectivity index (χ1v) is 8.49. The molecule has 1 aliphatic rings. The van der Waals surface area contributed by atoms with Crippen molar-refractivity contribution in [3.63, 3.8) is 0 Å². The van der Waals surface area contributed by atoms with E-state index in [1.807, 2.05) is 18.3 Å². The molecule has 3 heterocycles. The minimum absolute atomic E-state index is 0.433. The third-order valence-corrected chi connectivity index (χ3v) is 5.00. The Morgan fingerprint density at radius 2 is 2.24 bits per heavy atom. The molecule has 2 aromatic heterocycles. The molecule has 3 rings (SSSR count). The summed E-state index contributed by atoms with van der Waals surface area (Å²) in [6, 6.07) is 6.50. The van der Waals surface area contributed by atoms with Gasteiger partial charge in [-0.3, -0.25) is 9.58 Å². The van der Waals surface area contributed by atoms with E-state index < -0.39 is 6.10 Å². The van der Waals surface area contributed by atoms with Crippen LogP contribution in [0.3, 0.4) is 0 Å². The number of aliphatic hydroxyl groups excluding tert-OH is 1. The van der Waals surface area contributed by atoms with Crippen molar-refractivity contribution in [3.05, 3.63) is 39.3 Å². The maximum Gasteiger partial charge on any atom is 0.0975 e. The number of hydrogen-bond acceptors (Lipinski definition) is 4. The van der Waals surface area contributed by atoms with Gasteiger partial charge in [0.05, 0.1) is 17.5 Å². The van der Waals surface area contributed by atoms with Crippen LogP contribution in [0.4, 0.5) is 0 Å². The summed E-state index contributed by atoms with van der Waals surface area (Å²) in [5.74, 6) is 0. The molecule has 0 spiro atoms. The minimum Gasteiger partial charge on any atom is -0.387 e. The molecule has 2 aromatic rings. The van der Waals surface area contributed by atoms with Crippen LogP contribution in [-0.4, -0.2) is 26.3 Å². The number of thiophene rings is 1. The van der Waals surface area contributed by atoms with Crippen LogP contribution in [0, 0.1) is 6.92 Å². The Kier molecular flexibility index (Phi) is 4.42. The average Bonchev–Trinajstić information content (AvgIpc) is 3.00. The van der Waals surface area contributed by atoms with Crippen molar-refractivity contribution in [2.45, 2.75) is 52.4 Å². The maximum atomic E-state index is 9.96. The molecule has 0 aliphatic carbocycles. The van der Waals surface area contributed by atoms with Gasteiger partial charge in [0.15, 0.2) is 0 Å². The maximum absolute atomic E-state index is 9.96. The number of aliphatic hydroxyl groups is 1. The first-order valence-electron chi connectivity index (χ1n) is 7.68. The van der Waals surface area contributed by atoms with E-state index in [1.165, 1.54) is 15.4 Å². The van der Waals surface area contributed by atoms with Gasteiger partial charge in [-0.1, -0.05) is 6.92 Å². The Morgan fingerprint density at radius 1 is 1.38 bits per heavy atom. The molecule has 0 radical (unpaired) electrons. The first kappa shape index (κ1) is 14.8. The smallest absolute Gasteiger partial charge is 0.0975 e. The highest BCUT2D eigenvalue weighted by atomic mass is 32.1. The van der Waals surface area contributed by atoms with Crippen LogP contribution < -0.4 is 0 Å². The van der Waals surface area contributed by atoms with Gasteiger partial charge < -0.3 is 5.11 Å². The van der Waals surface area contributed by atoms with E-state index in [0.29, 0.717) is 6.42 Å². The van der Waals surface area contributed by atoms with Gasteiger partial charge in [-0.05, 0) is 38.0 Å². The van der Waals surface area contributed by atoms with Crippen molar-refractivity contribution in [3.8, 4) is 0 Å². The van der Waals surface area contributed by atoms with Crippen LogP contribution in [0.2, 0.25) is 0 Å². The molecule has 21 heavy (non-hydrogen) atoms. The quantitative estimate of drug-likeness (QED) is 0.943. The SMILES string of the molecule is CC[C@H](O)c1cc2n(n1)CCCN(Cc1ccc(C)s1)C2. The zero-order chi connectivity index (χ0) is 14.8. The summed E-state index contributed by atoms with van der Waals surface area (Å²) in [5.41, 5.74) is 2.05. The Labute approximate surface area is 130 Å². The molecule has 5 heteroatoms. The molecule has 0 unspecified atom stereocenters. The summed E-state index contributed by atoms with van der Waals surface area (Å²) in [6.45, 7) is 8.12. The van der Waals surface area contributed by atoms with E-state index in [2.05, 4.69) is 39.8 Å². The van der Waals surface area contributed by atoms with E-state index in [9.17, 15) is 5.11 Å². The Morgan fingerprint density at radius 3 is 2.95 bits per heavy atom. The summed E-state index contributed by atoms with van der Waals surface area (Å²) in [7, 11) is 0. The van der Waals surface area contributed by atoms with Gasteiger partial charge >= 0.3 is 0 Å². The van der Waals surface area contributed by atoms with E-state index in [4.69, 9.17) is 0 Å². The molecule has 0 saturated carbocycles. The van der Waals surface area contributed by atoms with Crippen molar-refractivity contribution in [2.24, 2.45) is 0 Å². The zero-order valence-corrected chi connectivity index (χ0v) is 13.6. The van der Waals surface area contributed by atoms with E-state index >= 15 is 0 Å². The number of fused-ring (bicyclic) bond motifs is 1. The van der Waals surface area contributed by atoms with Crippen LogP contribution >= 0.6 is 11.3 Å². The van der Waals surface area contributed by atoms with E-state index in [0.717, 1.165) is 38.3 Å². The Hall–Kier alpha value is -1.17. The first-order chi connectivity index (χ1) is 10.2. The normalized spacial score (nSPS) is 17.5. The molecule has 114 valence electrons. The van der Waals surface area contributed by atoms with Crippen molar-refractivity contribution in [2.75, 3.05) is 6.54 Å². The Balaban J connectivity index is 1.74. The number of hydrogen-bond donors (Lipinski definition) is 1. The van der Waals surface area contributed by atoms with Crippen molar-refractivity contribution in [1.82, 2.24) is 14.7 Å². The standard InChI is InChI=1S/C16H23N3OS/c1-3-16(20)15-9-13-10-18(7-4-8-19(13)17-15)11-14-6-5-12(2)21-14/h5-6,9,16,20H,3-4,7-8,10-11H2,1-2H3/t16-/m0/s1. The zero-order valence-electron chi connectivity index (χ0n) is 12.7. The minimum atomic E-state index is -0.433. The van der Waals surface area contributed by atoms with E-state index in [1.54, 1.807) is 0 Å². The van der Waals surface area contributed by atoms with Gasteiger partial charge in [-0.15, -0.1) is 11.3 Å². The van der Waals surface area contributed by atoms with Crippen LogP contribution in [0.15, 0.2) is 18.2 Å². The number of rotatable bonds is 4. The van der Waals surface area contributed by atoms with Crippen LogP contribution in [0.25, 0.3) is 0 Å². The molecule has 0 aromatic carbocycles. The fourth-order valence-corrected chi connectivity index (χ4v) is 3.78. The van der Waals surface area contributed by atoms with Gasteiger partial charge in [0.2, 0.25) is 0 Å². The van der Waals surface area contributed by atoms with Crippen LogP contribution in [-0.2, 0) is 19.6 Å². The molecular formula is C16H23N3OS. The van der Waals surface area contributed by atoms with Gasteiger partial charge in [0, 0.05) is 35.9 Å². The lowest BCUT2D eigenvalue weighted by Gasteiger charge is -2.18. The summed E-state index contributed by atoms with van der Waals surface area (Å²) >= 11 is 1.88. The molecule has 4 nitrogen and oxygen atoms in total. The monoisotopic (exact) mass is 305 g/mol. The third kappa shape index (κ3) is 3.36. The van der Waals surface area contributed by atoms with E-state index in [-0.39, 0.29) is 0 Å². The lowest BCUT2D eigenvalue weighted by Crippen LogP contribution is -2.22. The second-order valence-corrected chi connectivity index (χ2v) is 7.16. The fraction of sp³-hybridized carbons (Fsp3) is 0.562. The highest BCUT2D eigenvalue weighted by Gasteiger charge is 2.19. The molecule has 1 aliphatic heterocycles. The highest BCUT2D eigenvalue weighted by molar-refractivity contribution is 7.11. The topological polar surface area (TPSA) is 41.3 Å². The van der Waals surface area contributed by atoms with Crippen molar-refractivity contribution in [1.29, 1.82) is 0 Å². The lowest BCUT2D eigenvalue weighted by atomic mass is 10.2. The molecule has 0 amide bonds. The molecule has 0 bridgehead atoms. The summed E-state index contributed by atoms with van der Waals surface area (Å²) in [5, 5.41) is 14.5. The summed E-state index contributed by atoms with van der Waals surface area (Å²) in [4.78, 5) is 5.28. The van der Waals surface area contributed by atoms with Crippen molar-refractivity contribution < 1.29 is 5.11 Å². The average molecular weight is 305 g/mol. The van der Waals surface area contributed by atoms with Gasteiger partial charge in [-0.25, -0.2) is 0 Å². The van der Waals surface area contributed by atoms with Gasteiger partial charge in [0.1, 0.15) is 0 Å². The lowest BCUT2D eigenvalue weighted by molar-refractivity contribution is 0.167. The number of aryl methyl sites for hydroxylation is 2. The number of aromatic nitrogens is 2. The van der Waals surface area contributed by atoms with Gasteiger partial charge in [0.25, 0.3) is 0 Å². The molecule has 0 fully saturated rings. The predicted molar refractivity (Wildman–Crippen MR) is 85.3 cm³/mol. The molecule has 1 N–H and O–H groups in total. The second-order valence-electron chi connectivity index (χ2n) is 5.78. The summed E-state index contributed by atoms with van der Waals surface area (Å²) < 4.78 is 2.08. The summed E-state index contributed by atoms with van der Waals surface area (Å²) in [6.07, 6.45) is 1.40. The molecule has 0 saturated heterocycles. The number of nitrogens with zero attached hydrogens (tertiary/aromatic N) is 3. The second kappa shape index (κ2) is 6.30. The van der Waals surface area contributed by atoms with Crippen LogP contribution in [0.1, 0.15) is 47.0 Å². The predicted octanol–water partition coefficient (Wildman–Crippen LogP) is 3.10. The molecular weight excluding hydrogens is 282 g/mol. The van der Waals surface area contributed by atoms with Crippen LogP contribution in [0.5, 0.6) is 0 Å². The Bertz CT molecular complexity index is 604. The molecule has 1 atom stereocenters. The largest absolute Gasteiger partial charge is 0.387 e. The third-order valence-electron chi connectivity index (χ3n) is 4.02. The highest BCUT2D eigenvalue weighted by Crippen LogP contribution is 2.22. The van der Waals surface area contributed by atoms with Gasteiger partial charge in [-0.2, -0.15) is 5.10 Å².